The van der Waals surface area contributed by atoms with Gasteiger partial charge in [-0.05, 0) is 36.1 Å². The highest BCUT2D eigenvalue weighted by atomic mass is 35.5. The Kier molecular flexibility index (Phi) is 5.75. The molecule has 1 aromatic carbocycles. The summed E-state index contributed by atoms with van der Waals surface area (Å²) in [7, 11) is -3.66. The van der Waals surface area contributed by atoms with Crippen LogP contribution in [0.2, 0.25) is 5.02 Å². The number of carbonyl (C=O) groups excluding carboxylic acids is 1. The molecule has 0 aliphatic carbocycles. The van der Waals surface area contributed by atoms with Crippen LogP contribution < -0.4 is 5.32 Å². The average molecular weight is 417 g/mol. The average Bonchev–Trinajstić information content (AvgIpc) is 3.10. The lowest BCUT2D eigenvalue weighted by atomic mass is 10.2. The standard InChI is InChI=1S/C16H17ClN2O3S3/c1-11-2-3-12(10-13(11)17)18-16(20)15-14(4-7-24-15)25(21,22)19-5-8-23-9-6-19/h2-4,7,10H,5-6,8-9H2,1H3,(H,18,20). The predicted octanol–water partition coefficient (Wildman–Crippen LogP) is 3.70. The van der Waals surface area contributed by atoms with Crippen LogP contribution in [0.1, 0.15) is 15.2 Å². The number of hydrogen-bond donors (Lipinski definition) is 1. The zero-order valence-electron chi connectivity index (χ0n) is 13.5. The van der Waals surface area contributed by atoms with Gasteiger partial charge in [0.15, 0.2) is 0 Å². The van der Waals surface area contributed by atoms with Gasteiger partial charge >= 0.3 is 0 Å². The van der Waals surface area contributed by atoms with E-state index < -0.39 is 15.9 Å². The van der Waals surface area contributed by atoms with Crippen LogP contribution in [0.3, 0.4) is 0 Å². The van der Waals surface area contributed by atoms with E-state index in [1.165, 1.54) is 10.4 Å². The van der Waals surface area contributed by atoms with Crippen LogP contribution in [0.25, 0.3) is 0 Å². The van der Waals surface area contributed by atoms with Crippen molar-refractivity contribution < 1.29 is 13.2 Å². The number of benzene rings is 1. The molecule has 134 valence electrons. The van der Waals surface area contributed by atoms with E-state index in [-0.39, 0.29) is 9.77 Å². The summed E-state index contributed by atoms with van der Waals surface area (Å²) in [6, 6.07) is 6.69. The van der Waals surface area contributed by atoms with E-state index in [1.54, 1.807) is 35.3 Å². The highest BCUT2D eigenvalue weighted by Gasteiger charge is 2.31. The molecule has 2 heterocycles. The van der Waals surface area contributed by atoms with Crippen LogP contribution in [0.15, 0.2) is 34.5 Å². The number of thiophene rings is 1. The van der Waals surface area contributed by atoms with E-state index in [1.807, 2.05) is 6.92 Å². The number of sulfonamides is 1. The van der Waals surface area contributed by atoms with Crippen molar-refractivity contribution in [2.45, 2.75) is 11.8 Å². The number of thioether (sulfide) groups is 1. The van der Waals surface area contributed by atoms with Gasteiger partial charge in [0.25, 0.3) is 5.91 Å². The van der Waals surface area contributed by atoms with Crippen molar-refractivity contribution in [3.63, 3.8) is 0 Å². The summed E-state index contributed by atoms with van der Waals surface area (Å²) >= 11 is 8.92. The van der Waals surface area contributed by atoms with Crippen LogP contribution in [0.5, 0.6) is 0 Å². The van der Waals surface area contributed by atoms with Gasteiger partial charge in [-0.1, -0.05) is 17.7 Å². The van der Waals surface area contributed by atoms with Crippen LogP contribution >= 0.6 is 34.7 Å². The van der Waals surface area contributed by atoms with Crippen LogP contribution in [-0.4, -0.2) is 43.2 Å². The van der Waals surface area contributed by atoms with E-state index in [9.17, 15) is 13.2 Å². The fourth-order valence-electron chi connectivity index (χ4n) is 2.45. The molecule has 1 aromatic heterocycles. The first-order chi connectivity index (χ1) is 11.9. The first-order valence-electron chi connectivity index (χ1n) is 7.62. The van der Waals surface area contributed by atoms with Gasteiger partial charge in [0.2, 0.25) is 10.0 Å². The topological polar surface area (TPSA) is 66.5 Å². The van der Waals surface area contributed by atoms with Crippen molar-refractivity contribution >= 4 is 56.3 Å². The minimum atomic E-state index is -3.66. The van der Waals surface area contributed by atoms with Crippen LogP contribution in [0, 0.1) is 6.92 Å². The Morgan fingerprint density at radius 3 is 2.64 bits per heavy atom. The van der Waals surface area contributed by atoms with Gasteiger partial charge in [-0.25, -0.2) is 8.42 Å². The fourth-order valence-corrected chi connectivity index (χ4v) is 6.50. The van der Waals surface area contributed by atoms with Gasteiger partial charge in [0.05, 0.1) is 0 Å². The summed E-state index contributed by atoms with van der Waals surface area (Å²) in [5.74, 6) is 1.10. The molecule has 2 aromatic rings. The molecule has 1 fully saturated rings. The molecule has 25 heavy (non-hydrogen) atoms. The number of rotatable bonds is 4. The van der Waals surface area contributed by atoms with Crippen LogP contribution in [0.4, 0.5) is 5.69 Å². The maximum absolute atomic E-state index is 12.8. The maximum atomic E-state index is 12.8. The molecule has 1 saturated heterocycles. The van der Waals surface area contributed by atoms with E-state index in [4.69, 9.17) is 11.6 Å². The van der Waals surface area contributed by atoms with E-state index in [2.05, 4.69) is 5.32 Å². The number of carbonyl (C=O) groups is 1. The third kappa shape index (κ3) is 4.03. The lowest BCUT2D eigenvalue weighted by Gasteiger charge is -2.25. The summed E-state index contributed by atoms with van der Waals surface area (Å²) in [5.41, 5.74) is 1.44. The van der Waals surface area contributed by atoms with Gasteiger partial charge in [-0.2, -0.15) is 16.1 Å². The van der Waals surface area contributed by atoms with Gasteiger partial charge < -0.3 is 5.32 Å². The minimum absolute atomic E-state index is 0.0695. The normalized spacial score (nSPS) is 15.9. The number of nitrogens with one attached hydrogen (secondary N) is 1. The third-order valence-electron chi connectivity index (χ3n) is 3.85. The van der Waals surface area contributed by atoms with Crippen molar-refractivity contribution in [2.75, 3.05) is 29.9 Å². The van der Waals surface area contributed by atoms with E-state index >= 15 is 0 Å². The van der Waals surface area contributed by atoms with E-state index in [0.717, 1.165) is 28.4 Å². The Morgan fingerprint density at radius 2 is 1.96 bits per heavy atom. The van der Waals surface area contributed by atoms with Crippen LogP contribution in [-0.2, 0) is 10.0 Å². The summed E-state index contributed by atoms with van der Waals surface area (Å²) in [5, 5.41) is 4.90. The monoisotopic (exact) mass is 416 g/mol. The first-order valence-corrected chi connectivity index (χ1v) is 11.5. The number of nitrogens with zero attached hydrogens (tertiary/aromatic N) is 1. The van der Waals surface area contributed by atoms with Gasteiger partial charge in [0.1, 0.15) is 9.77 Å². The number of amides is 1. The Balaban J connectivity index is 1.85. The fraction of sp³-hybridized carbons (Fsp3) is 0.312. The zero-order chi connectivity index (χ0) is 18.0. The molecule has 9 heteroatoms. The van der Waals surface area contributed by atoms with Crippen molar-refractivity contribution in [3.05, 3.63) is 45.1 Å². The second-order valence-electron chi connectivity index (χ2n) is 5.55. The van der Waals surface area contributed by atoms with Crippen molar-refractivity contribution in [1.29, 1.82) is 0 Å². The Bertz CT molecular complexity index is 890. The molecule has 5 nitrogen and oxygen atoms in total. The lowest BCUT2D eigenvalue weighted by Crippen LogP contribution is -2.38. The zero-order valence-corrected chi connectivity index (χ0v) is 16.7. The summed E-state index contributed by atoms with van der Waals surface area (Å²) in [4.78, 5) is 12.9. The number of hydrogen-bond acceptors (Lipinski definition) is 5. The second kappa shape index (κ2) is 7.67. The number of aryl methyl sites for hydroxylation is 1. The molecule has 3 rings (SSSR count). The number of anilines is 1. The van der Waals surface area contributed by atoms with Crippen molar-refractivity contribution in [1.82, 2.24) is 4.31 Å². The summed E-state index contributed by atoms with van der Waals surface area (Å²) in [6.45, 7) is 2.81. The third-order valence-corrected chi connectivity index (χ3v) is 8.19. The summed E-state index contributed by atoms with van der Waals surface area (Å²) in [6.07, 6.45) is 0. The quantitative estimate of drug-likeness (QED) is 0.825. The van der Waals surface area contributed by atoms with E-state index in [0.29, 0.717) is 23.8 Å². The highest BCUT2D eigenvalue weighted by molar-refractivity contribution is 7.99. The molecule has 1 aliphatic rings. The molecule has 0 spiro atoms. The van der Waals surface area contributed by atoms with Gasteiger partial charge in [-0.3, -0.25) is 4.79 Å². The molecular formula is C16H17ClN2O3S3. The summed E-state index contributed by atoms with van der Waals surface area (Å²) < 4.78 is 27.1. The second-order valence-corrected chi connectivity index (χ2v) is 10.0. The molecule has 0 radical (unpaired) electrons. The molecule has 1 aliphatic heterocycles. The predicted molar refractivity (Wildman–Crippen MR) is 105 cm³/mol. The SMILES string of the molecule is Cc1ccc(NC(=O)c2sccc2S(=O)(=O)N2CCSCC2)cc1Cl. The lowest BCUT2D eigenvalue weighted by molar-refractivity contribution is 0.102. The van der Waals surface area contributed by atoms with Crippen molar-refractivity contribution in [3.8, 4) is 0 Å². The molecule has 1 N–H and O–H groups in total. The molecule has 1 amide bonds. The molecule has 0 atom stereocenters. The first kappa shape index (κ1) is 18.7. The molecular weight excluding hydrogens is 400 g/mol. The van der Waals surface area contributed by atoms with Gasteiger partial charge in [0, 0.05) is 35.3 Å². The Hall–Kier alpha value is -1.06. The maximum Gasteiger partial charge on any atom is 0.267 e. The Morgan fingerprint density at radius 1 is 1.24 bits per heavy atom. The largest absolute Gasteiger partial charge is 0.321 e. The smallest absolute Gasteiger partial charge is 0.267 e. The Labute approximate surface area is 160 Å². The van der Waals surface area contributed by atoms with Crippen molar-refractivity contribution in [2.24, 2.45) is 0 Å². The minimum Gasteiger partial charge on any atom is -0.321 e. The van der Waals surface area contributed by atoms with Gasteiger partial charge in [-0.15, -0.1) is 11.3 Å². The molecule has 0 unspecified atom stereocenters. The highest BCUT2D eigenvalue weighted by Crippen LogP contribution is 2.28. The number of halogens is 1. The molecule has 0 saturated carbocycles. The molecule has 0 bridgehead atoms.